The minimum absolute atomic E-state index is 0.134. The molecular formula is C12H24BN3O2. The van der Waals surface area contributed by atoms with Crippen molar-refractivity contribution < 1.29 is 9.82 Å². The third-order valence-corrected chi connectivity index (χ3v) is 4.11. The van der Waals surface area contributed by atoms with E-state index >= 15 is 0 Å². The molecule has 3 N–H and O–H groups in total. The van der Waals surface area contributed by atoms with Crippen LogP contribution in [0.5, 0.6) is 0 Å². The van der Waals surface area contributed by atoms with E-state index in [1.165, 1.54) is 0 Å². The maximum atomic E-state index is 12.1. The van der Waals surface area contributed by atoms with Gasteiger partial charge in [-0.2, -0.15) is 0 Å². The van der Waals surface area contributed by atoms with Crippen LogP contribution < -0.4 is 10.6 Å². The number of piperidine rings is 2. The van der Waals surface area contributed by atoms with Crippen LogP contribution in [0, 0.1) is 5.92 Å². The molecule has 2 rings (SSSR count). The summed E-state index contributed by atoms with van der Waals surface area (Å²) in [6, 6.07) is 0.355. The fraction of sp³-hybridized carbons (Fsp3) is 0.917. The van der Waals surface area contributed by atoms with Crippen LogP contribution in [0.3, 0.4) is 0 Å². The minimum atomic E-state index is -0.390. The summed E-state index contributed by atoms with van der Waals surface area (Å²) in [6.07, 6.45) is 3.81. The van der Waals surface area contributed by atoms with Crippen molar-refractivity contribution >= 4 is 13.0 Å². The molecule has 1 amide bonds. The standard InChI is InChI=1S/C12H24BN3O2/c1-13(18)16-8-4-10(5-9-16)12(17)15-11-2-6-14-7-3-11/h10-11,14,18H,2-9H2,1H3,(H,15,17). The van der Waals surface area contributed by atoms with E-state index in [4.69, 9.17) is 0 Å². The number of hydrogen-bond donors (Lipinski definition) is 3. The van der Waals surface area contributed by atoms with Crippen molar-refractivity contribution in [3.8, 4) is 0 Å². The summed E-state index contributed by atoms with van der Waals surface area (Å²) in [5.74, 6) is 0.349. The number of carbonyl (C=O) groups is 1. The van der Waals surface area contributed by atoms with Crippen LogP contribution in [0.1, 0.15) is 25.7 Å². The van der Waals surface area contributed by atoms with Crippen LogP contribution in [0.25, 0.3) is 0 Å². The van der Waals surface area contributed by atoms with E-state index in [0.29, 0.717) is 6.04 Å². The Labute approximate surface area is 109 Å². The number of carbonyl (C=O) groups excluding carboxylic acids is 1. The van der Waals surface area contributed by atoms with Gasteiger partial charge in [0, 0.05) is 12.0 Å². The van der Waals surface area contributed by atoms with Gasteiger partial charge in [-0.15, -0.1) is 0 Å². The number of nitrogens with one attached hydrogen (secondary N) is 2. The molecule has 2 aliphatic rings. The first-order valence-corrected chi connectivity index (χ1v) is 7.10. The molecule has 6 heteroatoms. The lowest BCUT2D eigenvalue weighted by atomic mass is 9.81. The fourth-order valence-electron chi connectivity index (χ4n) is 2.82. The summed E-state index contributed by atoms with van der Waals surface area (Å²) in [7, 11) is -0.390. The van der Waals surface area contributed by atoms with Gasteiger partial charge in [-0.1, -0.05) is 0 Å². The van der Waals surface area contributed by atoms with E-state index in [1.54, 1.807) is 6.82 Å². The Bertz CT molecular complexity index is 274. The summed E-state index contributed by atoms with van der Waals surface area (Å²) in [4.78, 5) is 14.2. The molecule has 0 aromatic rings. The molecule has 2 heterocycles. The molecule has 0 spiro atoms. The average molecular weight is 253 g/mol. The van der Waals surface area contributed by atoms with Gasteiger partial charge in [-0.3, -0.25) is 4.79 Å². The highest BCUT2D eigenvalue weighted by molar-refractivity contribution is 6.45. The maximum absolute atomic E-state index is 12.1. The van der Waals surface area contributed by atoms with Crippen molar-refractivity contribution in [1.29, 1.82) is 0 Å². The lowest BCUT2D eigenvalue weighted by molar-refractivity contribution is -0.127. The quantitative estimate of drug-likeness (QED) is 0.603. The number of amides is 1. The average Bonchev–Trinajstić information content (AvgIpc) is 2.40. The van der Waals surface area contributed by atoms with Crippen molar-refractivity contribution in [3.05, 3.63) is 0 Å². The first-order chi connectivity index (χ1) is 8.66. The predicted molar refractivity (Wildman–Crippen MR) is 72.2 cm³/mol. The lowest BCUT2D eigenvalue weighted by Crippen LogP contribution is -2.49. The lowest BCUT2D eigenvalue weighted by Gasteiger charge is -2.33. The Balaban J connectivity index is 1.73. The topological polar surface area (TPSA) is 64.6 Å². The van der Waals surface area contributed by atoms with Gasteiger partial charge in [-0.25, -0.2) is 0 Å². The van der Waals surface area contributed by atoms with E-state index in [1.807, 2.05) is 4.81 Å². The molecule has 5 nitrogen and oxygen atoms in total. The third-order valence-electron chi connectivity index (χ3n) is 4.11. The van der Waals surface area contributed by atoms with E-state index in [0.717, 1.165) is 51.9 Å². The Kier molecular flexibility index (Phi) is 5.03. The summed E-state index contributed by atoms with van der Waals surface area (Å²) < 4.78 is 0. The second-order valence-corrected chi connectivity index (χ2v) is 5.47. The molecule has 18 heavy (non-hydrogen) atoms. The summed E-state index contributed by atoms with van der Waals surface area (Å²) in [6.45, 7) is 5.44. The van der Waals surface area contributed by atoms with Crippen molar-refractivity contribution in [2.75, 3.05) is 26.2 Å². The van der Waals surface area contributed by atoms with Gasteiger partial charge < -0.3 is 20.5 Å². The highest BCUT2D eigenvalue weighted by Gasteiger charge is 2.29. The van der Waals surface area contributed by atoms with Gasteiger partial charge in [0.1, 0.15) is 0 Å². The molecule has 0 saturated carbocycles. The molecule has 102 valence electrons. The fourth-order valence-corrected chi connectivity index (χ4v) is 2.82. The smallest absolute Gasteiger partial charge is 0.376 e. The molecule has 2 fully saturated rings. The highest BCUT2D eigenvalue weighted by Crippen LogP contribution is 2.18. The zero-order chi connectivity index (χ0) is 13.0. The Hall–Kier alpha value is -0.585. The number of rotatable bonds is 3. The Morgan fingerprint density at radius 1 is 1.28 bits per heavy atom. The van der Waals surface area contributed by atoms with Crippen LogP contribution >= 0.6 is 0 Å². The van der Waals surface area contributed by atoms with Gasteiger partial charge >= 0.3 is 7.05 Å². The molecule has 0 aliphatic carbocycles. The maximum Gasteiger partial charge on any atom is 0.376 e. The highest BCUT2D eigenvalue weighted by atomic mass is 16.2. The molecule has 2 saturated heterocycles. The number of nitrogens with zero attached hydrogens (tertiary/aromatic N) is 1. The van der Waals surface area contributed by atoms with Gasteiger partial charge in [0.15, 0.2) is 0 Å². The van der Waals surface area contributed by atoms with Crippen LogP contribution in [-0.4, -0.2) is 55.0 Å². The minimum Gasteiger partial charge on any atom is -0.437 e. The van der Waals surface area contributed by atoms with Gasteiger partial charge in [0.25, 0.3) is 0 Å². The summed E-state index contributed by atoms with van der Waals surface area (Å²) in [5.41, 5.74) is 0. The first kappa shape index (κ1) is 13.8. The Morgan fingerprint density at radius 2 is 1.89 bits per heavy atom. The Morgan fingerprint density at radius 3 is 2.44 bits per heavy atom. The van der Waals surface area contributed by atoms with Gasteiger partial charge in [0.2, 0.25) is 5.91 Å². The van der Waals surface area contributed by atoms with E-state index < -0.39 is 7.05 Å². The van der Waals surface area contributed by atoms with Crippen LogP contribution in [-0.2, 0) is 4.79 Å². The van der Waals surface area contributed by atoms with Crippen molar-refractivity contribution in [3.63, 3.8) is 0 Å². The SMILES string of the molecule is CB(O)N1CCC(C(=O)NC2CCNCC2)CC1. The summed E-state index contributed by atoms with van der Waals surface area (Å²) >= 11 is 0. The first-order valence-electron chi connectivity index (χ1n) is 7.10. The molecule has 0 radical (unpaired) electrons. The molecule has 2 aliphatic heterocycles. The second kappa shape index (κ2) is 6.54. The van der Waals surface area contributed by atoms with Crippen LogP contribution in [0.4, 0.5) is 0 Å². The van der Waals surface area contributed by atoms with Crippen molar-refractivity contribution in [2.24, 2.45) is 5.92 Å². The second-order valence-electron chi connectivity index (χ2n) is 5.47. The normalized spacial score (nSPS) is 23.9. The molecule has 0 atom stereocenters. The predicted octanol–water partition coefficient (Wildman–Crippen LogP) is -0.323. The molecule has 0 aromatic heterocycles. The van der Waals surface area contributed by atoms with Gasteiger partial charge in [0.05, 0.1) is 0 Å². The zero-order valence-electron chi connectivity index (χ0n) is 11.2. The molecule has 0 bridgehead atoms. The largest absolute Gasteiger partial charge is 0.437 e. The van der Waals surface area contributed by atoms with Gasteiger partial charge in [-0.05, 0) is 58.7 Å². The van der Waals surface area contributed by atoms with Crippen LogP contribution in [0.2, 0.25) is 6.82 Å². The summed E-state index contributed by atoms with van der Waals surface area (Å²) in [5, 5.41) is 16.0. The van der Waals surface area contributed by atoms with E-state index in [-0.39, 0.29) is 11.8 Å². The van der Waals surface area contributed by atoms with E-state index in [2.05, 4.69) is 10.6 Å². The monoisotopic (exact) mass is 253 g/mol. The van der Waals surface area contributed by atoms with Crippen molar-refractivity contribution in [2.45, 2.75) is 38.5 Å². The van der Waals surface area contributed by atoms with E-state index in [9.17, 15) is 9.82 Å². The zero-order valence-corrected chi connectivity index (χ0v) is 11.2. The third kappa shape index (κ3) is 3.70. The van der Waals surface area contributed by atoms with Crippen LogP contribution in [0.15, 0.2) is 0 Å². The molecule has 0 aromatic carbocycles. The van der Waals surface area contributed by atoms with Crippen molar-refractivity contribution in [1.82, 2.24) is 15.4 Å². The molecule has 0 unspecified atom stereocenters. The number of hydrogen-bond acceptors (Lipinski definition) is 4. The molecular weight excluding hydrogens is 229 g/mol.